The molecule has 0 radical (unpaired) electrons. The van der Waals surface area contributed by atoms with Crippen LogP contribution in [0, 0.1) is 0 Å². The fourth-order valence-electron chi connectivity index (χ4n) is 1.01. The third-order valence-corrected chi connectivity index (χ3v) is 1.53. The molecular formula is C12H22N2O6. The van der Waals surface area contributed by atoms with Gasteiger partial charge in [-0.05, 0) is 41.5 Å². The molecule has 0 bridgehead atoms. The van der Waals surface area contributed by atoms with Crippen molar-refractivity contribution in [3.05, 3.63) is 0 Å². The lowest BCUT2D eigenvalue weighted by Gasteiger charge is -2.27. The van der Waals surface area contributed by atoms with Crippen LogP contribution >= 0.6 is 0 Å². The van der Waals surface area contributed by atoms with Gasteiger partial charge in [-0.2, -0.15) is 0 Å². The Kier molecular flexibility index (Phi) is 5.80. The van der Waals surface area contributed by atoms with Crippen molar-refractivity contribution in [3.8, 4) is 0 Å². The van der Waals surface area contributed by atoms with Crippen LogP contribution < -0.4 is 5.43 Å². The zero-order chi connectivity index (χ0) is 16.1. The van der Waals surface area contributed by atoms with E-state index in [0.717, 1.165) is 0 Å². The zero-order valence-corrected chi connectivity index (χ0v) is 12.6. The Morgan fingerprint density at radius 2 is 1.45 bits per heavy atom. The van der Waals surface area contributed by atoms with Crippen molar-refractivity contribution in [1.82, 2.24) is 10.4 Å². The van der Waals surface area contributed by atoms with Gasteiger partial charge in [0.1, 0.15) is 17.7 Å². The van der Waals surface area contributed by atoms with E-state index in [1.807, 2.05) is 5.43 Å². The summed E-state index contributed by atoms with van der Waals surface area (Å²) in [4.78, 5) is 34.0. The largest absolute Gasteiger partial charge is 0.480 e. The Morgan fingerprint density at radius 3 is 1.80 bits per heavy atom. The third kappa shape index (κ3) is 9.01. The molecule has 0 aromatic carbocycles. The number of hydrazine groups is 1. The molecule has 8 nitrogen and oxygen atoms in total. The molecule has 0 spiro atoms. The molecule has 2 amide bonds. The molecule has 20 heavy (non-hydrogen) atoms. The van der Waals surface area contributed by atoms with Crippen LogP contribution in [0.5, 0.6) is 0 Å². The molecule has 0 fully saturated rings. The quantitative estimate of drug-likeness (QED) is 0.750. The van der Waals surface area contributed by atoms with Crippen LogP contribution in [0.4, 0.5) is 9.59 Å². The Balaban J connectivity index is 4.77. The van der Waals surface area contributed by atoms with Gasteiger partial charge in [-0.25, -0.2) is 20.0 Å². The van der Waals surface area contributed by atoms with Crippen molar-refractivity contribution < 1.29 is 29.0 Å². The van der Waals surface area contributed by atoms with Gasteiger partial charge in [0.15, 0.2) is 0 Å². The molecular weight excluding hydrogens is 268 g/mol. The lowest BCUT2D eigenvalue weighted by molar-refractivity contribution is -0.138. The summed E-state index contributed by atoms with van der Waals surface area (Å²) in [5, 5.41) is 9.28. The molecule has 0 saturated carbocycles. The Labute approximate surface area is 118 Å². The number of aliphatic carboxylic acids is 1. The van der Waals surface area contributed by atoms with Gasteiger partial charge in [-0.15, -0.1) is 0 Å². The molecule has 0 unspecified atom stereocenters. The van der Waals surface area contributed by atoms with Gasteiger partial charge in [0.25, 0.3) is 0 Å². The van der Waals surface area contributed by atoms with Crippen LogP contribution in [0.1, 0.15) is 41.5 Å². The molecule has 116 valence electrons. The van der Waals surface area contributed by atoms with Gasteiger partial charge < -0.3 is 14.6 Å². The average molecular weight is 290 g/mol. The van der Waals surface area contributed by atoms with Gasteiger partial charge in [0, 0.05) is 0 Å². The lowest BCUT2D eigenvalue weighted by atomic mass is 10.2. The van der Waals surface area contributed by atoms with Crippen molar-refractivity contribution in [3.63, 3.8) is 0 Å². The van der Waals surface area contributed by atoms with E-state index < -0.39 is 35.9 Å². The minimum atomic E-state index is -1.30. The molecule has 0 aromatic rings. The molecule has 0 aliphatic carbocycles. The minimum Gasteiger partial charge on any atom is -0.480 e. The maximum atomic E-state index is 11.8. The summed E-state index contributed by atoms with van der Waals surface area (Å²) in [5.74, 6) is -1.30. The van der Waals surface area contributed by atoms with Gasteiger partial charge in [-0.3, -0.25) is 4.79 Å². The zero-order valence-electron chi connectivity index (χ0n) is 12.6. The van der Waals surface area contributed by atoms with E-state index in [-0.39, 0.29) is 0 Å². The summed E-state index contributed by atoms with van der Waals surface area (Å²) < 4.78 is 9.92. The Hall–Kier alpha value is -1.99. The number of hydrogen-bond acceptors (Lipinski definition) is 5. The Morgan fingerprint density at radius 1 is 1.00 bits per heavy atom. The normalized spacial score (nSPS) is 11.5. The second kappa shape index (κ2) is 6.44. The van der Waals surface area contributed by atoms with E-state index in [1.54, 1.807) is 41.5 Å². The fourth-order valence-corrected chi connectivity index (χ4v) is 1.01. The van der Waals surface area contributed by atoms with Crippen LogP contribution in [-0.4, -0.2) is 46.0 Å². The van der Waals surface area contributed by atoms with E-state index in [2.05, 4.69) is 0 Å². The van der Waals surface area contributed by atoms with Gasteiger partial charge in [-0.1, -0.05) is 0 Å². The van der Waals surface area contributed by atoms with Crippen LogP contribution in [0.25, 0.3) is 0 Å². The lowest BCUT2D eigenvalue weighted by Crippen LogP contribution is -2.51. The third-order valence-electron chi connectivity index (χ3n) is 1.53. The number of carbonyl (C=O) groups excluding carboxylic acids is 2. The van der Waals surface area contributed by atoms with Crippen LogP contribution in [0.2, 0.25) is 0 Å². The number of ether oxygens (including phenoxy) is 2. The molecule has 0 aliphatic rings. The summed E-state index contributed by atoms with van der Waals surface area (Å²) in [6.07, 6.45) is -1.92. The first-order valence-electron chi connectivity index (χ1n) is 6.02. The number of carboxylic acid groups (broad SMARTS) is 1. The highest BCUT2D eigenvalue weighted by molar-refractivity contribution is 5.79. The maximum absolute atomic E-state index is 11.8. The second-order valence-corrected chi connectivity index (χ2v) is 6.07. The summed E-state index contributed by atoms with van der Waals surface area (Å²) in [7, 11) is 0. The molecule has 0 atom stereocenters. The number of carbonyl (C=O) groups is 3. The molecule has 0 aromatic heterocycles. The fraction of sp³-hybridized carbons (Fsp3) is 0.750. The van der Waals surface area contributed by atoms with E-state index in [4.69, 9.17) is 14.6 Å². The van der Waals surface area contributed by atoms with Crippen LogP contribution in [0.15, 0.2) is 0 Å². The predicted molar refractivity (Wildman–Crippen MR) is 69.9 cm³/mol. The number of nitrogens with zero attached hydrogens (tertiary/aromatic N) is 1. The molecule has 0 heterocycles. The van der Waals surface area contributed by atoms with Crippen molar-refractivity contribution in [1.29, 1.82) is 0 Å². The van der Waals surface area contributed by atoms with Gasteiger partial charge in [0.05, 0.1) is 0 Å². The van der Waals surface area contributed by atoms with Crippen molar-refractivity contribution in [2.24, 2.45) is 0 Å². The van der Waals surface area contributed by atoms with E-state index in [9.17, 15) is 14.4 Å². The van der Waals surface area contributed by atoms with Crippen LogP contribution in [0.3, 0.4) is 0 Å². The number of rotatable bonds is 2. The highest BCUT2D eigenvalue weighted by atomic mass is 16.6. The Bertz CT molecular complexity index is 380. The van der Waals surface area contributed by atoms with Crippen LogP contribution in [-0.2, 0) is 14.3 Å². The molecule has 0 rings (SSSR count). The van der Waals surface area contributed by atoms with E-state index in [1.165, 1.54) is 0 Å². The smallest absolute Gasteiger partial charge is 0.429 e. The van der Waals surface area contributed by atoms with Gasteiger partial charge in [0.2, 0.25) is 0 Å². The molecule has 0 aliphatic heterocycles. The summed E-state index contributed by atoms with van der Waals surface area (Å²) in [6.45, 7) is 9.05. The summed E-state index contributed by atoms with van der Waals surface area (Å²) in [5.41, 5.74) is 0.457. The number of hydrogen-bond donors (Lipinski definition) is 2. The first-order chi connectivity index (χ1) is 8.80. The van der Waals surface area contributed by atoms with Crippen molar-refractivity contribution in [2.45, 2.75) is 52.7 Å². The standard InChI is InChI=1S/C12H22N2O6/c1-11(2,3)19-9(17)13-14(7-8(15)16)10(18)20-12(4,5)6/h7H2,1-6H3,(H,13,17)(H,15,16). The maximum Gasteiger partial charge on any atom is 0.429 e. The molecule has 8 heteroatoms. The summed E-state index contributed by atoms with van der Waals surface area (Å²) >= 11 is 0. The average Bonchev–Trinajstić information content (AvgIpc) is 2.09. The first-order valence-corrected chi connectivity index (χ1v) is 6.02. The summed E-state index contributed by atoms with van der Waals surface area (Å²) in [6, 6.07) is 0. The van der Waals surface area contributed by atoms with E-state index >= 15 is 0 Å². The predicted octanol–water partition coefficient (Wildman–Crippen LogP) is 1.75. The molecule has 2 N–H and O–H groups in total. The molecule has 0 saturated heterocycles. The van der Waals surface area contributed by atoms with Gasteiger partial charge >= 0.3 is 18.2 Å². The SMILES string of the molecule is CC(C)(C)OC(=O)NN(CC(=O)O)C(=O)OC(C)(C)C. The highest BCUT2D eigenvalue weighted by Crippen LogP contribution is 2.10. The second-order valence-electron chi connectivity index (χ2n) is 6.07. The van der Waals surface area contributed by atoms with Crippen molar-refractivity contribution in [2.75, 3.05) is 6.54 Å². The number of carboxylic acids is 1. The number of nitrogens with one attached hydrogen (secondary N) is 1. The topological polar surface area (TPSA) is 105 Å². The minimum absolute atomic E-state index is 0.543. The van der Waals surface area contributed by atoms with E-state index in [0.29, 0.717) is 5.01 Å². The highest BCUT2D eigenvalue weighted by Gasteiger charge is 2.27. The van der Waals surface area contributed by atoms with Crippen molar-refractivity contribution >= 4 is 18.2 Å². The monoisotopic (exact) mass is 290 g/mol. The number of amides is 2. The first kappa shape index (κ1) is 18.0.